The molecule has 0 aromatic rings. The van der Waals surface area contributed by atoms with Crippen LogP contribution in [0.2, 0.25) is 0 Å². The number of ether oxygens (including phenoxy) is 2. The molecule has 1 atom stereocenters. The summed E-state index contributed by atoms with van der Waals surface area (Å²) in [7, 11) is 1.40. The van der Waals surface area contributed by atoms with Crippen molar-refractivity contribution >= 4 is 5.97 Å². The standard InChI is InChI=1S/C12H23NO3/c1-5-11(12(14)15-4)7-8-13-9-10(3)16-6-2/h7,10,13H,5-6,8-9H2,1-4H3/b11-7-. The fraction of sp³-hybridized carbons (Fsp3) is 0.750. The van der Waals surface area contributed by atoms with Crippen molar-refractivity contribution in [3.63, 3.8) is 0 Å². The second-order valence-electron chi connectivity index (χ2n) is 3.50. The summed E-state index contributed by atoms with van der Waals surface area (Å²) in [6, 6.07) is 0. The molecule has 0 bridgehead atoms. The van der Waals surface area contributed by atoms with Crippen LogP contribution in [0.5, 0.6) is 0 Å². The van der Waals surface area contributed by atoms with E-state index in [2.05, 4.69) is 10.1 Å². The molecular formula is C12H23NO3. The van der Waals surface area contributed by atoms with Crippen LogP contribution in [-0.4, -0.2) is 38.9 Å². The van der Waals surface area contributed by atoms with Crippen LogP contribution >= 0.6 is 0 Å². The number of carbonyl (C=O) groups is 1. The molecule has 0 heterocycles. The largest absolute Gasteiger partial charge is 0.466 e. The third-order valence-electron chi connectivity index (χ3n) is 2.20. The summed E-state index contributed by atoms with van der Waals surface area (Å²) in [5, 5.41) is 3.20. The zero-order chi connectivity index (χ0) is 12.4. The van der Waals surface area contributed by atoms with Gasteiger partial charge in [0.15, 0.2) is 0 Å². The van der Waals surface area contributed by atoms with Crippen LogP contribution in [0.25, 0.3) is 0 Å². The lowest BCUT2D eigenvalue weighted by molar-refractivity contribution is -0.136. The SMILES string of the molecule is CCOC(C)CNC/C=C(/CC)C(=O)OC. The second kappa shape index (κ2) is 9.36. The van der Waals surface area contributed by atoms with E-state index in [4.69, 9.17) is 4.74 Å². The summed E-state index contributed by atoms with van der Waals surface area (Å²) < 4.78 is 10.0. The monoisotopic (exact) mass is 229 g/mol. The summed E-state index contributed by atoms with van der Waals surface area (Å²) in [6.45, 7) is 8.09. The number of carbonyl (C=O) groups excluding carboxylic acids is 1. The van der Waals surface area contributed by atoms with Gasteiger partial charge in [-0.2, -0.15) is 0 Å². The van der Waals surface area contributed by atoms with Crippen molar-refractivity contribution < 1.29 is 14.3 Å². The van der Waals surface area contributed by atoms with E-state index in [0.717, 1.165) is 13.2 Å². The Balaban J connectivity index is 3.84. The fourth-order valence-corrected chi connectivity index (χ4v) is 1.33. The Labute approximate surface area is 98.0 Å². The van der Waals surface area contributed by atoms with E-state index in [1.807, 2.05) is 26.8 Å². The van der Waals surface area contributed by atoms with Crippen LogP contribution in [0, 0.1) is 0 Å². The summed E-state index contributed by atoms with van der Waals surface area (Å²) >= 11 is 0. The van der Waals surface area contributed by atoms with Gasteiger partial charge in [0.25, 0.3) is 0 Å². The smallest absolute Gasteiger partial charge is 0.333 e. The van der Waals surface area contributed by atoms with Crippen LogP contribution in [0.3, 0.4) is 0 Å². The van der Waals surface area contributed by atoms with E-state index in [9.17, 15) is 4.79 Å². The number of methoxy groups -OCH3 is 1. The van der Waals surface area contributed by atoms with Gasteiger partial charge in [0, 0.05) is 25.3 Å². The molecule has 0 aliphatic rings. The molecule has 1 N–H and O–H groups in total. The summed E-state index contributed by atoms with van der Waals surface area (Å²) in [4.78, 5) is 11.2. The maximum Gasteiger partial charge on any atom is 0.333 e. The molecule has 94 valence electrons. The van der Waals surface area contributed by atoms with E-state index in [0.29, 0.717) is 18.5 Å². The number of rotatable bonds is 8. The quantitative estimate of drug-likeness (QED) is 0.389. The topological polar surface area (TPSA) is 47.6 Å². The number of esters is 1. The van der Waals surface area contributed by atoms with E-state index in [-0.39, 0.29) is 12.1 Å². The predicted octanol–water partition coefficient (Wildman–Crippen LogP) is 1.51. The van der Waals surface area contributed by atoms with Gasteiger partial charge in [0.2, 0.25) is 0 Å². The third kappa shape index (κ3) is 6.58. The highest BCUT2D eigenvalue weighted by Gasteiger charge is 2.05. The van der Waals surface area contributed by atoms with Gasteiger partial charge in [-0.25, -0.2) is 4.79 Å². The highest BCUT2D eigenvalue weighted by molar-refractivity contribution is 5.88. The zero-order valence-electron chi connectivity index (χ0n) is 10.7. The molecule has 0 aromatic carbocycles. The molecule has 0 rings (SSSR count). The molecule has 0 radical (unpaired) electrons. The lowest BCUT2D eigenvalue weighted by Crippen LogP contribution is -2.27. The van der Waals surface area contributed by atoms with Crippen molar-refractivity contribution in [3.8, 4) is 0 Å². The molecular weight excluding hydrogens is 206 g/mol. The van der Waals surface area contributed by atoms with Gasteiger partial charge in [0.1, 0.15) is 0 Å². The first-order valence-electron chi connectivity index (χ1n) is 5.75. The van der Waals surface area contributed by atoms with Crippen molar-refractivity contribution in [2.24, 2.45) is 0 Å². The van der Waals surface area contributed by atoms with Crippen LogP contribution in [-0.2, 0) is 14.3 Å². The Morgan fingerprint density at radius 2 is 2.12 bits per heavy atom. The maximum atomic E-state index is 11.2. The summed E-state index contributed by atoms with van der Waals surface area (Å²) in [5.74, 6) is -0.248. The van der Waals surface area contributed by atoms with Gasteiger partial charge >= 0.3 is 5.97 Å². The number of hydrogen-bond donors (Lipinski definition) is 1. The van der Waals surface area contributed by atoms with Crippen LogP contribution in [0.1, 0.15) is 27.2 Å². The molecule has 4 heteroatoms. The molecule has 4 nitrogen and oxygen atoms in total. The second-order valence-corrected chi connectivity index (χ2v) is 3.50. The van der Waals surface area contributed by atoms with Gasteiger partial charge < -0.3 is 14.8 Å². The Morgan fingerprint density at radius 1 is 1.44 bits per heavy atom. The molecule has 0 amide bonds. The lowest BCUT2D eigenvalue weighted by Gasteiger charge is -2.11. The number of hydrogen-bond acceptors (Lipinski definition) is 4. The Kier molecular flexibility index (Phi) is 8.85. The summed E-state index contributed by atoms with van der Waals surface area (Å²) in [5.41, 5.74) is 0.707. The molecule has 0 saturated carbocycles. The molecule has 0 spiro atoms. The van der Waals surface area contributed by atoms with Gasteiger partial charge in [-0.15, -0.1) is 0 Å². The normalized spacial score (nSPS) is 13.6. The highest BCUT2D eigenvalue weighted by Crippen LogP contribution is 2.01. The van der Waals surface area contributed by atoms with Gasteiger partial charge in [-0.05, 0) is 20.3 Å². The molecule has 16 heavy (non-hydrogen) atoms. The molecule has 1 unspecified atom stereocenters. The highest BCUT2D eigenvalue weighted by atomic mass is 16.5. The van der Waals surface area contributed by atoms with Gasteiger partial charge in [-0.3, -0.25) is 0 Å². The minimum Gasteiger partial charge on any atom is -0.466 e. The molecule has 0 saturated heterocycles. The van der Waals surface area contributed by atoms with Crippen LogP contribution < -0.4 is 5.32 Å². The van der Waals surface area contributed by atoms with Crippen molar-refractivity contribution in [3.05, 3.63) is 11.6 Å². The molecule has 0 aliphatic heterocycles. The average molecular weight is 229 g/mol. The van der Waals surface area contributed by atoms with Crippen LogP contribution in [0.15, 0.2) is 11.6 Å². The minimum atomic E-state index is -0.248. The lowest BCUT2D eigenvalue weighted by atomic mass is 10.2. The van der Waals surface area contributed by atoms with E-state index < -0.39 is 0 Å². The fourth-order valence-electron chi connectivity index (χ4n) is 1.33. The maximum absolute atomic E-state index is 11.2. The van der Waals surface area contributed by atoms with Crippen molar-refractivity contribution in [1.82, 2.24) is 5.32 Å². The minimum absolute atomic E-state index is 0.196. The predicted molar refractivity (Wildman–Crippen MR) is 64.3 cm³/mol. The average Bonchev–Trinajstić information content (AvgIpc) is 2.28. The molecule has 0 aromatic heterocycles. The van der Waals surface area contributed by atoms with Crippen molar-refractivity contribution in [1.29, 1.82) is 0 Å². The Bertz CT molecular complexity index is 226. The van der Waals surface area contributed by atoms with Gasteiger partial charge in [0.05, 0.1) is 13.2 Å². The van der Waals surface area contributed by atoms with Gasteiger partial charge in [-0.1, -0.05) is 13.0 Å². The third-order valence-corrected chi connectivity index (χ3v) is 2.20. The molecule has 0 fully saturated rings. The first-order chi connectivity index (χ1) is 7.65. The van der Waals surface area contributed by atoms with Crippen molar-refractivity contribution in [2.75, 3.05) is 26.8 Å². The van der Waals surface area contributed by atoms with E-state index >= 15 is 0 Å². The Morgan fingerprint density at radius 3 is 2.62 bits per heavy atom. The Hall–Kier alpha value is -0.870. The summed E-state index contributed by atoms with van der Waals surface area (Å²) in [6.07, 6.45) is 2.75. The van der Waals surface area contributed by atoms with E-state index in [1.54, 1.807) is 0 Å². The first kappa shape index (κ1) is 15.1. The van der Waals surface area contributed by atoms with Crippen molar-refractivity contribution in [2.45, 2.75) is 33.3 Å². The van der Waals surface area contributed by atoms with E-state index in [1.165, 1.54) is 7.11 Å². The zero-order valence-corrected chi connectivity index (χ0v) is 10.7. The number of nitrogens with one attached hydrogen (secondary N) is 1. The van der Waals surface area contributed by atoms with Crippen LogP contribution in [0.4, 0.5) is 0 Å². The molecule has 0 aliphatic carbocycles. The first-order valence-corrected chi connectivity index (χ1v) is 5.75.